The summed E-state index contributed by atoms with van der Waals surface area (Å²) in [5.74, 6) is -1.74. The first kappa shape index (κ1) is 28.8. The fourth-order valence-corrected chi connectivity index (χ4v) is 3.99. The van der Waals surface area contributed by atoms with Crippen LogP contribution < -0.4 is 0 Å². The van der Waals surface area contributed by atoms with Crippen molar-refractivity contribution >= 4 is 0 Å². The highest BCUT2D eigenvalue weighted by molar-refractivity contribution is 5.65. The Morgan fingerprint density at radius 1 is 1.03 bits per heavy atom. The highest BCUT2D eigenvalue weighted by Crippen LogP contribution is 2.39. The fourth-order valence-electron chi connectivity index (χ4n) is 3.99. The highest BCUT2D eigenvalue weighted by atomic mass is 19.2. The number of hydrogen-bond acceptors (Lipinski definition) is 2. The number of phenolic OH excluding ortho intramolecular Hbond substituents is 1. The molecule has 2 aromatic rings. The summed E-state index contributed by atoms with van der Waals surface area (Å²) in [6, 6.07) is 9.26. The van der Waals surface area contributed by atoms with Crippen LogP contribution in [-0.2, 0) is 4.74 Å². The van der Waals surface area contributed by atoms with E-state index in [0.717, 1.165) is 32.1 Å². The summed E-state index contributed by atoms with van der Waals surface area (Å²) in [7, 11) is 1.42. The lowest BCUT2D eigenvalue weighted by molar-refractivity contribution is 0.307. The summed E-state index contributed by atoms with van der Waals surface area (Å²) >= 11 is 0. The lowest BCUT2D eigenvalue weighted by atomic mass is 9.78. The largest absolute Gasteiger partial charge is 0.508 e. The topological polar surface area (TPSA) is 29.5 Å². The van der Waals surface area contributed by atoms with Crippen molar-refractivity contribution in [2.45, 2.75) is 44.9 Å². The van der Waals surface area contributed by atoms with Crippen molar-refractivity contribution in [2.75, 3.05) is 7.11 Å². The number of rotatable bonds is 8. The zero-order chi connectivity index (χ0) is 26.7. The van der Waals surface area contributed by atoms with E-state index >= 15 is 0 Å². The average molecular weight is 497 g/mol. The number of allylic oxidation sites excluding steroid dienone is 6. The van der Waals surface area contributed by atoms with Gasteiger partial charge in [0.25, 0.3) is 0 Å². The average Bonchev–Trinajstić information content (AvgIpc) is 2.89. The molecule has 3 rings (SSSR count). The maximum atomic E-state index is 14.9. The van der Waals surface area contributed by atoms with E-state index in [4.69, 9.17) is 4.74 Å². The van der Waals surface area contributed by atoms with Crippen molar-refractivity contribution in [1.29, 1.82) is 0 Å². The number of phenols is 1. The number of aromatic hydroxyl groups is 1. The molecule has 0 spiro atoms. The van der Waals surface area contributed by atoms with Crippen LogP contribution in [0, 0.1) is 17.6 Å². The second-order valence-electron chi connectivity index (χ2n) is 8.73. The first-order chi connectivity index (χ1) is 17.2. The van der Waals surface area contributed by atoms with Crippen molar-refractivity contribution in [3.8, 4) is 16.9 Å². The van der Waals surface area contributed by atoms with Crippen molar-refractivity contribution in [3.63, 3.8) is 0 Å². The van der Waals surface area contributed by atoms with Crippen LogP contribution in [0.15, 0.2) is 97.6 Å². The molecule has 0 unspecified atom stereocenters. The molecule has 1 N–H and O–H groups in total. The summed E-state index contributed by atoms with van der Waals surface area (Å²) < 4.78 is 48.5. The zero-order valence-corrected chi connectivity index (χ0v) is 21.1. The predicted octanol–water partition coefficient (Wildman–Crippen LogP) is 9.32. The van der Waals surface area contributed by atoms with Crippen LogP contribution in [-0.4, -0.2) is 12.2 Å². The Morgan fingerprint density at radius 3 is 2.19 bits per heavy atom. The number of halogens is 3. The van der Waals surface area contributed by atoms with E-state index in [1.165, 1.54) is 25.3 Å². The molecule has 2 aromatic carbocycles. The molecule has 0 atom stereocenters. The number of hydrogen-bond donors (Lipinski definition) is 1. The Kier molecular flexibility index (Phi) is 11.3. The molecule has 2 nitrogen and oxygen atoms in total. The Morgan fingerprint density at radius 2 is 1.64 bits per heavy atom. The second kappa shape index (κ2) is 14.2. The Hall–Kier alpha value is -3.47. The van der Waals surface area contributed by atoms with Gasteiger partial charge in [-0.15, -0.1) is 6.58 Å². The smallest absolute Gasteiger partial charge is 0.166 e. The molecule has 0 aliphatic heterocycles. The highest BCUT2D eigenvalue weighted by Gasteiger charge is 2.25. The third kappa shape index (κ3) is 8.04. The first-order valence-electron chi connectivity index (χ1n) is 12.1. The minimum atomic E-state index is -0.869. The lowest BCUT2D eigenvalue weighted by Crippen LogP contribution is -2.13. The summed E-state index contributed by atoms with van der Waals surface area (Å²) in [5, 5.41) is 9.40. The standard InChI is InChI=1S/C27H27F3O2.C4H8/c1-17(25(28)16-18(2)32-3)4-5-19-6-8-20(9-7-19)23-14-15-24(27(30)26(23)29)21-10-12-22(31)13-11-21;1-3-4-2/h4-5,10-16,19-20,31H,1-2,6-9H2,3H3;3H,1,4H2,2H3/b5-4+,25-16+;. The van der Waals surface area contributed by atoms with E-state index in [1.807, 2.05) is 12.2 Å². The molecule has 36 heavy (non-hydrogen) atoms. The Bertz CT molecular complexity index is 1110. The van der Waals surface area contributed by atoms with Crippen LogP contribution in [0.25, 0.3) is 11.1 Å². The molecule has 0 heterocycles. The van der Waals surface area contributed by atoms with Crippen LogP contribution in [0.5, 0.6) is 5.75 Å². The van der Waals surface area contributed by atoms with Crippen molar-refractivity contribution in [2.24, 2.45) is 5.92 Å². The lowest BCUT2D eigenvalue weighted by Gasteiger charge is -2.27. The van der Waals surface area contributed by atoms with Gasteiger partial charge in [0, 0.05) is 17.2 Å². The van der Waals surface area contributed by atoms with Gasteiger partial charge >= 0.3 is 0 Å². The van der Waals surface area contributed by atoms with E-state index in [-0.39, 0.29) is 34.5 Å². The SMILES string of the molecule is C=C(/C=C(/F)C(=C)/C=C/C1CCC(c2ccc(-c3ccc(O)cc3)c(F)c2F)CC1)OC.C=CCC. The van der Waals surface area contributed by atoms with Crippen LogP contribution in [0.2, 0.25) is 0 Å². The molecule has 0 radical (unpaired) electrons. The van der Waals surface area contributed by atoms with Crippen LogP contribution in [0.3, 0.4) is 0 Å². The number of methoxy groups -OCH3 is 1. The fraction of sp³-hybridized carbons (Fsp3) is 0.290. The molecule has 0 bridgehead atoms. The summed E-state index contributed by atoms with van der Waals surface area (Å²) in [4.78, 5) is 0. The minimum absolute atomic E-state index is 0.0621. The zero-order valence-electron chi connectivity index (χ0n) is 21.1. The van der Waals surface area contributed by atoms with Crippen molar-refractivity contribution in [3.05, 3.63) is 115 Å². The van der Waals surface area contributed by atoms with Gasteiger partial charge in [0.2, 0.25) is 0 Å². The summed E-state index contributed by atoms with van der Waals surface area (Å²) in [6.45, 7) is 12.8. The molecule has 192 valence electrons. The Balaban J connectivity index is 0.00000106. The van der Waals surface area contributed by atoms with Gasteiger partial charge in [-0.1, -0.05) is 62.6 Å². The van der Waals surface area contributed by atoms with Crippen molar-refractivity contribution in [1.82, 2.24) is 0 Å². The molecular weight excluding hydrogens is 461 g/mol. The first-order valence-corrected chi connectivity index (χ1v) is 12.1. The van der Waals surface area contributed by atoms with E-state index in [1.54, 1.807) is 30.3 Å². The molecule has 1 aliphatic carbocycles. The second-order valence-corrected chi connectivity index (χ2v) is 8.73. The molecule has 0 saturated heterocycles. The third-order valence-corrected chi connectivity index (χ3v) is 6.22. The van der Waals surface area contributed by atoms with Gasteiger partial charge in [-0.25, -0.2) is 13.2 Å². The van der Waals surface area contributed by atoms with Crippen LogP contribution >= 0.6 is 0 Å². The normalized spacial score (nSPS) is 17.8. The number of ether oxygens (including phenoxy) is 1. The summed E-state index contributed by atoms with van der Waals surface area (Å²) in [5.41, 5.74) is 1.31. The van der Waals surface area contributed by atoms with Gasteiger partial charge in [-0.3, -0.25) is 0 Å². The summed E-state index contributed by atoms with van der Waals surface area (Å²) in [6.07, 6.45) is 10.7. The molecule has 1 aliphatic rings. The minimum Gasteiger partial charge on any atom is -0.508 e. The number of benzene rings is 2. The van der Waals surface area contributed by atoms with E-state index in [0.29, 0.717) is 11.1 Å². The van der Waals surface area contributed by atoms with Gasteiger partial charge in [-0.2, -0.15) is 0 Å². The van der Waals surface area contributed by atoms with Crippen molar-refractivity contribution < 1.29 is 23.0 Å². The van der Waals surface area contributed by atoms with Crippen LogP contribution in [0.4, 0.5) is 13.2 Å². The van der Waals surface area contributed by atoms with Gasteiger partial charge in [0.15, 0.2) is 11.6 Å². The molecule has 0 aromatic heterocycles. The van der Waals surface area contributed by atoms with Gasteiger partial charge < -0.3 is 9.84 Å². The Labute approximate surface area is 212 Å². The maximum Gasteiger partial charge on any atom is 0.166 e. The monoisotopic (exact) mass is 496 g/mol. The van der Waals surface area contributed by atoms with E-state index < -0.39 is 17.5 Å². The molecule has 1 fully saturated rings. The van der Waals surface area contributed by atoms with Gasteiger partial charge in [-0.05, 0) is 67.2 Å². The maximum absolute atomic E-state index is 14.9. The quantitative estimate of drug-likeness (QED) is 0.224. The molecule has 0 amide bonds. The van der Waals surface area contributed by atoms with Crippen LogP contribution in [0.1, 0.15) is 50.5 Å². The molecule has 1 saturated carbocycles. The molecule has 5 heteroatoms. The van der Waals surface area contributed by atoms with E-state index in [9.17, 15) is 18.3 Å². The predicted molar refractivity (Wildman–Crippen MR) is 142 cm³/mol. The third-order valence-electron chi connectivity index (χ3n) is 6.22. The molecular formula is C31H35F3O2. The van der Waals surface area contributed by atoms with E-state index in [2.05, 4.69) is 26.7 Å². The van der Waals surface area contributed by atoms with Gasteiger partial charge in [0.05, 0.1) is 7.11 Å². The van der Waals surface area contributed by atoms with Gasteiger partial charge in [0.1, 0.15) is 17.3 Å².